The Bertz CT molecular complexity index is 772. The normalized spacial score (nSPS) is 20.1. The number of benzene rings is 1. The van der Waals surface area contributed by atoms with Gasteiger partial charge >= 0.3 is 18.4 Å². The molecule has 0 atom stereocenters. The molecular formula is C18H19F6N3O2. The van der Waals surface area contributed by atoms with E-state index in [-0.39, 0.29) is 17.5 Å². The molecular weight excluding hydrogens is 404 g/mol. The van der Waals surface area contributed by atoms with Gasteiger partial charge in [0.1, 0.15) is 13.1 Å². The van der Waals surface area contributed by atoms with Crippen LogP contribution in [0.5, 0.6) is 0 Å². The molecule has 2 aliphatic heterocycles. The minimum absolute atomic E-state index is 0.217. The van der Waals surface area contributed by atoms with E-state index in [1.165, 1.54) is 6.07 Å². The maximum Gasteiger partial charge on any atom is 0.416 e. The predicted octanol–water partition coefficient (Wildman–Crippen LogP) is 3.50. The van der Waals surface area contributed by atoms with E-state index in [1.54, 1.807) is 6.07 Å². The SMILES string of the molecule is O=C1CN(C2CCN(Cc3cccc(C(F)(F)F)c3)CC2)C(=O)N1CC(F)(F)F. The van der Waals surface area contributed by atoms with Gasteiger partial charge in [0.05, 0.1) is 5.56 Å². The van der Waals surface area contributed by atoms with Crippen molar-refractivity contribution in [1.82, 2.24) is 14.7 Å². The first-order valence-electron chi connectivity index (χ1n) is 9.00. The molecule has 2 aliphatic rings. The lowest BCUT2D eigenvalue weighted by Crippen LogP contribution is -2.47. The van der Waals surface area contributed by atoms with Crippen molar-refractivity contribution in [3.05, 3.63) is 35.4 Å². The molecule has 11 heteroatoms. The van der Waals surface area contributed by atoms with Crippen molar-refractivity contribution < 1.29 is 35.9 Å². The molecule has 1 aromatic rings. The summed E-state index contributed by atoms with van der Waals surface area (Å²) in [4.78, 5) is 27.3. The first-order chi connectivity index (χ1) is 13.4. The first kappa shape index (κ1) is 21.4. The van der Waals surface area contributed by atoms with Crippen LogP contribution in [0, 0.1) is 0 Å². The van der Waals surface area contributed by atoms with Gasteiger partial charge in [-0.15, -0.1) is 0 Å². The van der Waals surface area contributed by atoms with Crippen molar-refractivity contribution in [3.63, 3.8) is 0 Å². The zero-order valence-corrected chi connectivity index (χ0v) is 15.3. The lowest BCUT2D eigenvalue weighted by Gasteiger charge is -2.36. The van der Waals surface area contributed by atoms with Crippen LogP contribution in [0.4, 0.5) is 31.1 Å². The van der Waals surface area contributed by atoms with Crippen LogP contribution in [0.15, 0.2) is 24.3 Å². The second kappa shape index (κ2) is 7.85. The van der Waals surface area contributed by atoms with Crippen molar-refractivity contribution in [2.24, 2.45) is 0 Å². The number of imide groups is 1. The quantitative estimate of drug-likeness (QED) is 0.550. The van der Waals surface area contributed by atoms with Crippen LogP contribution >= 0.6 is 0 Å². The molecule has 29 heavy (non-hydrogen) atoms. The zero-order valence-electron chi connectivity index (χ0n) is 15.3. The van der Waals surface area contributed by atoms with E-state index in [9.17, 15) is 35.9 Å². The number of rotatable bonds is 4. The molecule has 160 valence electrons. The number of nitrogens with zero attached hydrogens (tertiary/aromatic N) is 3. The van der Waals surface area contributed by atoms with Gasteiger partial charge in [0.25, 0.3) is 5.91 Å². The summed E-state index contributed by atoms with van der Waals surface area (Å²) < 4.78 is 76.1. The fraction of sp³-hybridized carbons (Fsp3) is 0.556. The highest BCUT2D eigenvalue weighted by molar-refractivity contribution is 6.02. The molecule has 2 saturated heterocycles. The minimum atomic E-state index is -4.66. The van der Waals surface area contributed by atoms with Gasteiger partial charge in [-0.3, -0.25) is 14.6 Å². The molecule has 0 radical (unpaired) electrons. The minimum Gasteiger partial charge on any atom is -0.312 e. The summed E-state index contributed by atoms with van der Waals surface area (Å²) >= 11 is 0. The smallest absolute Gasteiger partial charge is 0.312 e. The van der Waals surface area contributed by atoms with Crippen molar-refractivity contribution in [2.75, 3.05) is 26.2 Å². The number of urea groups is 1. The molecule has 1 aromatic carbocycles. The van der Waals surface area contributed by atoms with Gasteiger partial charge in [-0.1, -0.05) is 18.2 Å². The first-order valence-corrected chi connectivity index (χ1v) is 9.00. The van der Waals surface area contributed by atoms with Gasteiger partial charge < -0.3 is 4.90 Å². The summed E-state index contributed by atoms with van der Waals surface area (Å²) in [6.45, 7) is -0.775. The third-order valence-corrected chi connectivity index (χ3v) is 5.08. The fourth-order valence-electron chi connectivity index (χ4n) is 3.67. The molecule has 2 heterocycles. The average molecular weight is 423 g/mol. The summed E-state index contributed by atoms with van der Waals surface area (Å²) in [5.74, 6) is -0.876. The summed E-state index contributed by atoms with van der Waals surface area (Å²) in [6.07, 6.45) is -8.22. The van der Waals surface area contributed by atoms with Crippen LogP contribution < -0.4 is 0 Å². The summed E-state index contributed by atoms with van der Waals surface area (Å²) in [6, 6.07) is 3.71. The van der Waals surface area contributed by atoms with E-state index in [2.05, 4.69) is 0 Å². The van der Waals surface area contributed by atoms with Crippen LogP contribution in [-0.4, -0.2) is 65.0 Å². The zero-order chi connectivity index (χ0) is 21.4. The van der Waals surface area contributed by atoms with Crippen LogP contribution in [0.25, 0.3) is 0 Å². The van der Waals surface area contributed by atoms with Crippen LogP contribution in [0.3, 0.4) is 0 Å². The number of hydrogen-bond donors (Lipinski definition) is 0. The lowest BCUT2D eigenvalue weighted by atomic mass is 10.0. The Labute approximate surface area is 162 Å². The monoisotopic (exact) mass is 423 g/mol. The third kappa shape index (κ3) is 5.20. The largest absolute Gasteiger partial charge is 0.416 e. The molecule has 0 aromatic heterocycles. The number of alkyl halides is 6. The molecule has 3 amide bonds. The highest BCUT2D eigenvalue weighted by Crippen LogP contribution is 2.30. The molecule has 0 bridgehead atoms. The third-order valence-electron chi connectivity index (χ3n) is 5.08. The fourth-order valence-corrected chi connectivity index (χ4v) is 3.67. The van der Waals surface area contributed by atoms with Gasteiger partial charge in [0, 0.05) is 25.7 Å². The number of hydrogen-bond acceptors (Lipinski definition) is 3. The van der Waals surface area contributed by atoms with E-state index in [1.807, 2.05) is 4.90 Å². The Hall–Kier alpha value is -2.30. The Kier molecular flexibility index (Phi) is 5.79. The molecule has 0 unspecified atom stereocenters. The highest BCUT2D eigenvalue weighted by atomic mass is 19.4. The Morgan fingerprint density at radius 3 is 2.24 bits per heavy atom. The Balaban J connectivity index is 1.56. The van der Waals surface area contributed by atoms with Crippen LogP contribution in [0.1, 0.15) is 24.0 Å². The van der Waals surface area contributed by atoms with Crippen molar-refractivity contribution >= 4 is 11.9 Å². The molecule has 5 nitrogen and oxygen atoms in total. The predicted molar refractivity (Wildman–Crippen MR) is 89.6 cm³/mol. The molecule has 3 rings (SSSR count). The van der Waals surface area contributed by atoms with Gasteiger partial charge in [0.15, 0.2) is 0 Å². The van der Waals surface area contributed by atoms with Crippen LogP contribution in [-0.2, 0) is 17.5 Å². The van der Waals surface area contributed by atoms with Gasteiger partial charge in [-0.25, -0.2) is 4.79 Å². The van der Waals surface area contributed by atoms with Crippen molar-refractivity contribution in [2.45, 2.75) is 37.8 Å². The number of carbonyl (C=O) groups is 2. The standard InChI is InChI=1S/C18H19F6N3O2/c19-17(20,21)11-27-15(28)10-26(16(27)29)14-4-6-25(7-5-14)9-12-2-1-3-13(8-12)18(22,23)24/h1-3,8,14H,4-7,9-11H2. The van der Waals surface area contributed by atoms with E-state index in [0.29, 0.717) is 38.0 Å². The molecule has 2 fully saturated rings. The van der Waals surface area contributed by atoms with E-state index in [4.69, 9.17) is 0 Å². The molecule has 0 saturated carbocycles. The number of likely N-dealkylation sites (tertiary alicyclic amines) is 1. The van der Waals surface area contributed by atoms with Crippen molar-refractivity contribution in [1.29, 1.82) is 0 Å². The summed E-state index contributed by atoms with van der Waals surface area (Å²) in [5.41, 5.74) is -0.224. The number of piperidine rings is 1. The van der Waals surface area contributed by atoms with Gasteiger partial charge in [-0.2, -0.15) is 26.3 Å². The molecule has 0 spiro atoms. The van der Waals surface area contributed by atoms with E-state index in [0.717, 1.165) is 17.0 Å². The lowest BCUT2D eigenvalue weighted by molar-refractivity contribution is -0.151. The number of amides is 3. The second-order valence-corrected chi connectivity index (χ2v) is 7.21. The number of halogens is 6. The van der Waals surface area contributed by atoms with Crippen molar-refractivity contribution in [3.8, 4) is 0 Å². The van der Waals surface area contributed by atoms with Crippen LogP contribution in [0.2, 0.25) is 0 Å². The van der Waals surface area contributed by atoms with E-state index >= 15 is 0 Å². The van der Waals surface area contributed by atoms with Gasteiger partial charge in [-0.05, 0) is 24.5 Å². The molecule has 0 N–H and O–H groups in total. The summed E-state index contributed by atoms with van der Waals surface area (Å²) in [7, 11) is 0. The Morgan fingerprint density at radius 2 is 1.66 bits per heavy atom. The highest BCUT2D eigenvalue weighted by Gasteiger charge is 2.45. The maximum absolute atomic E-state index is 12.8. The number of carbonyl (C=O) groups excluding carboxylic acids is 2. The summed E-state index contributed by atoms with van der Waals surface area (Å²) in [5, 5.41) is 0. The average Bonchev–Trinajstić information content (AvgIpc) is 2.89. The maximum atomic E-state index is 12.8. The Morgan fingerprint density at radius 1 is 1.00 bits per heavy atom. The van der Waals surface area contributed by atoms with Gasteiger partial charge in [0.2, 0.25) is 0 Å². The molecule has 0 aliphatic carbocycles. The topological polar surface area (TPSA) is 43.9 Å². The van der Waals surface area contributed by atoms with E-state index < -0.39 is 36.4 Å². The second-order valence-electron chi connectivity index (χ2n) is 7.21.